The van der Waals surface area contributed by atoms with Crippen molar-refractivity contribution < 1.29 is 14.7 Å². The van der Waals surface area contributed by atoms with Gasteiger partial charge in [-0.05, 0) is 55.4 Å². The van der Waals surface area contributed by atoms with Gasteiger partial charge >= 0.3 is 0 Å². The van der Waals surface area contributed by atoms with Crippen LogP contribution in [-0.4, -0.2) is 34.0 Å². The molecule has 3 N–H and O–H groups in total. The minimum atomic E-state index is -0.701. The summed E-state index contributed by atoms with van der Waals surface area (Å²) in [5.74, 6) is 0.151. The summed E-state index contributed by atoms with van der Waals surface area (Å²) in [5.41, 5.74) is 5.34. The summed E-state index contributed by atoms with van der Waals surface area (Å²) < 4.78 is 0. The van der Waals surface area contributed by atoms with Crippen LogP contribution >= 0.6 is 0 Å². The van der Waals surface area contributed by atoms with Crippen molar-refractivity contribution in [1.82, 2.24) is 4.90 Å². The fraction of sp³-hybridized carbons (Fsp3) is 0.652. The van der Waals surface area contributed by atoms with Gasteiger partial charge in [0.15, 0.2) is 0 Å². The monoisotopic (exact) mass is 384 g/mol. The SMILES string of the molecule is CCC12CC3CC(O)(C1)CC(C(=O)N(CCC(N)=O)Cc1ccccc1)(C3)C2. The first-order chi connectivity index (χ1) is 13.3. The maximum atomic E-state index is 13.9. The average Bonchev–Trinajstić information content (AvgIpc) is 2.63. The van der Waals surface area contributed by atoms with Crippen molar-refractivity contribution in [2.75, 3.05) is 6.54 Å². The Labute approximate surface area is 167 Å². The van der Waals surface area contributed by atoms with Crippen molar-refractivity contribution in [2.45, 2.75) is 70.4 Å². The normalized spacial score (nSPS) is 35.7. The minimum absolute atomic E-state index is 0.0892. The number of primary amides is 1. The third-order valence-electron chi connectivity index (χ3n) is 7.49. The first kappa shape index (κ1) is 19.4. The van der Waals surface area contributed by atoms with Crippen molar-refractivity contribution in [3.63, 3.8) is 0 Å². The molecule has 0 spiro atoms. The second-order valence-corrected chi connectivity index (χ2v) is 9.80. The Hall–Kier alpha value is -1.88. The number of amides is 2. The highest BCUT2D eigenvalue weighted by atomic mass is 16.3. The molecule has 4 fully saturated rings. The number of benzene rings is 1. The van der Waals surface area contributed by atoms with Crippen molar-refractivity contribution in [2.24, 2.45) is 22.5 Å². The van der Waals surface area contributed by atoms with Crippen LogP contribution < -0.4 is 5.73 Å². The molecule has 4 aliphatic rings. The number of carbonyl (C=O) groups is 2. The van der Waals surface area contributed by atoms with Gasteiger partial charge in [-0.15, -0.1) is 0 Å². The van der Waals surface area contributed by atoms with E-state index in [1.165, 1.54) is 0 Å². The molecule has 4 bridgehead atoms. The quantitative estimate of drug-likeness (QED) is 0.758. The standard InChI is InChI=1S/C23H32N2O3/c1-2-21-10-18-11-22(14-21,16-23(28,12-18)15-21)20(27)25(9-8-19(24)26)13-17-6-4-3-5-7-17/h3-7,18,28H,2,8-16H2,1H3,(H2,24,26). The summed E-state index contributed by atoms with van der Waals surface area (Å²) in [4.78, 5) is 27.1. The third kappa shape index (κ3) is 3.45. The van der Waals surface area contributed by atoms with E-state index in [0.29, 0.717) is 25.4 Å². The largest absolute Gasteiger partial charge is 0.390 e. The van der Waals surface area contributed by atoms with E-state index < -0.39 is 11.0 Å². The van der Waals surface area contributed by atoms with Gasteiger partial charge in [-0.2, -0.15) is 0 Å². The molecular formula is C23H32N2O3. The molecule has 0 aliphatic heterocycles. The van der Waals surface area contributed by atoms with Crippen molar-refractivity contribution in [3.05, 3.63) is 35.9 Å². The van der Waals surface area contributed by atoms with E-state index in [-0.39, 0.29) is 23.7 Å². The molecule has 4 aliphatic carbocycles. The van der Waals surface area contributed by atoms with Gasteiger partial charge in [0.1, 0.15) is 0 Å². The molecule has 5 heteroatoms. The van der Waals surface area contributed by atoms with E-state index in [0.717, 1.165) is 44.1 Å². The minimum Gasteiger partial charge on any atom is -0.390 e. The Morgan fingerprint density at radius 1 is 1.14 bits per heavy atom. The topological polar surface area (TPSA) is 83.6 Å². The number of nitrogens with two attached hydrogens (primary N) is 1. The summed E-state index contributed by atoms with van der Waals surface area (Å²) in [6, 6.07) is 9.90. The van der Waals surface area contributed by atoms with E-state index in [1.54, 1.807) is 0 Å². The molecule has 1 aromatic carbocycles. The second-order valence-electron chi connectivity index (χ2n) is 9.80. The zero-order valence-corrected chi connectivity index (χ0v) is 16.8. The van der Waals surface area contributed by atoms with E-state index >= 15 is 0 Å². The van der Waals surface area contributed by atoms with Gasteiger partial charge in [0.05, 0.1) is 11.0 Å². The first-order valence-corrected chi connectivity index (χ1v) is 10.6. The van der Waals surface area contributed by atoms with Crippen molar-refractivity contribution in [1.29, 1.82) is 0 Å². The number of nitrogens with zero attached hydrogens (tertiary/aromatic N) is 1. The van der Waals surface area contributed by atoms with E-state index in [2.05, 4.69) is 6.92 Å². The third-order valence-corrected chi connectivity index (χ3v) is 7.49. The van der Waals surface area contributed by atoms with Gasteiger partial charge in [-0.3, -0.25) is 9.59 Å². The van der Waals surface area contributed by atoms with Gasteiger partial charge in [0.25, 0.3) is 0 Å². The molecule has 0 saturated heterocycles. The second kappa shape index (κ2) is 6.87. The molecule has 5 rings (SSSR count). The summed E-state index contributed by atoms with van der Waals surface area (Å²) in [5, 5.41) is 11.3. The molecule has 4 atom stereocenters. The number of hydrogen-bond donors (Lipinski definition) is 2. The van der Waals surface area contributed by atoms with Gasteiger partial charge in [0, 0.05) is 19.5 Å². The van der Waals surface area contributed by atoms with Crippen LogP contribution in [0.2, 0.25) is 0 Å². The first-order valence-electron chi connectivity index (χ1n) is 10.6. The molecule has 2 amide bonds. The lowest BCUT2D eigenvalue weighted by molar-refractivity contribution is -0.210. The Balaban J connectivity index is 1.63. The van der Waals surface area contributed by atoms with Gasteiger partial charge in [-0.1, -0.05) is 43.7 Å². The maximum Gasteiger partial charge on any atom is 0.229 e. The predicted octanol–water partition coefficient (Wildman–Crippen LogP) is 3.00. The Bertz CT molecular complexity index is 766. The number of aliphatic hydroxyl groups is 1. The molecule has 5 nitrogen and oxygen atoms in total. The Morgan fingerprint density at radius 2 is 1.89 bits per heavy atom. The molecule has 4 unspecified atom stereocenters. The average molecular weight is 385 g/mol. The zero-order chi connectivity index (χ0) is 20.0. The zero-order valence-electron chi connectivity index (χ0n) is 16.8. The van der Waals surface area contributed by atoms with Gasteiger partial charge in [-0.25, -0.2) is 0 Å². The van der Waals surface area contributed by atoms with Gasteiger partial charge < -0.3 is 15.7 Å². The summed E-state index contributed by atoms with van der Waals surface area (Å²) >= 11 is 0. The lowest BCUT2D eigenvalue weighted by Gasteiger charge is -2.64. The van der Waals surface area contributed by atoms with Crippen LogP contribution in [0.5, 0.6) is 0 Å². The molecular weight excluding hydrogens is 352 g/mol. The number of carbonyl (C=O) groups excluding carboxylic acids is 2. The molecule has 4 saturated carbocycles. The molecule has 0 aromatic heterocycles. The van der Waals surface area contributed by atoms with Crippen LogP contribution in [0.1, 0.15) is 63.9 Å². The fourth-order valence-corrected chi connectivity index (χ4v) is 6.85. The Morgan fingerprint density at radius 3 is 2.54 bits per heavy atom. The van der Waals surface area contributed by atoms with E-state index in [9.17, 15) is 14.7 Å². The van der Waals surface area contributed by atoms with Crippen molar-refractivity contribution >= 4 is 11.8 Å². The highest BCUT2D eigenvalue weighted by molar-refractivity contribution is 5.84. The smallest absolute Gasteiger partial charge is 0.229 e. The van der Waals surface area contributed by atoms with Crippen LogP contribution in [0.4, 0.5) is 0 Å². The van der Waals surface area contributed by atoms with Crippen LogP contribution in [0.3, 0.4) is 0 Å². The molecule has 152 valence electrons. The van der Waals surface area contributed by atoms with Crippen LogP contribution in [0.15, 0.2) is 30.3 Å². The number of hydrogen-bond acceptors (Lipinski definition) is 3. The lowest BCUT2D eigenvalue weighted by atomic mass is 9.42. The van der Waals surface area contributed by atoms with E-state index in [4.69, 9.17) is 5.73 Å². The van der Waals surface area contributed by atoms with Crippen LogP contribution in [0.25, 0.3) is 0 Å². The summed E-state index contributed by atoms with van der Waals surface area (Å²) in [7, 11) is 0. The maximum absolute atomic E-state index is 13.9. The molecule has 0 radical (unpaired) electrons. The fourth-order valence-electron chi connectivity index (χ4n) is 6.85. The van der Waals surface area contributed by atoms with E-state index in [1.807, 2.05) is 35.2 Å². The number of rotatable bonds is 7. The predicted molar refractivity (Wildman–Crippen MR) is 107 cm³/mol. The highest BCUT2D eigenvalue weighted by Crippen LogP contribution is 2.68. The van der Waals surface area contributed by atoms with Crippen LogP contribution in [-0.2, 0) is 16.1 Å². The molecule has 1 aromatic rings. The summed E-state index contributed by atoms with van der Waals surface area (Å²) in [6.45, 7) is 3.02. The highest BCUT2D eigenvalue weighted by Gasteiger charge is 2.65. The lowest BCUT2D eigenvalue weighted by Crippen LogP contribution is -2.64. The van der Waals surface area contributed by atoms with Crippen molar-refractivity contribution in [3.8, 4) is 0 Å². The van der Waals surface area contributed by atoms with Gasteiger partial charge in [0.2, 0.25) is 11.8 Å². The van der Waals surface area contributed by atoms with Crippen LogP contribution in [0, 0.1) is 16.7 Å². The Kier molecular flexibility index (Phi) is 4.77. The molecule has 28 heavy (non-hydrogen) atoms. The molecule has 0 heterocycles. The summed E-state index contributed by atoms with van der Waals surface area (Å²) in [6.07, 6.45) is 6.31.